The molecule has 0 aromatic heterocycles. The Morgan fingerprint density at radius 3 is 2.39 bits per heavy atom. The summed E-state index contributed by atoms with van der Waals surface area (Å²) in [6, 6.07) is 21.3. The van der Waals surface area contributed by atoms with Crippen LogP contribution in [0.5, 0.6) is 11.5 Å². The average Bonchev–Trinajstić information content (AvgIpc) is 2.76. The number of rotatable bonds is 7. The summed E-state index contributed by atoms with van der Waals surface area (Å²) in [5, 5.41) is 9.63. The Balaban J connectivity index is 2.02. The summed E-state index contributed by atoms with van der Waals surface area (Å²) in [6.07, 6.45) is 1.74. The number of ether oxygens (including phenoxy) is 1. The Labute approximate surface area is 196 Å². The van der Waals surface area contributed by atoms with E-state index in [-0.39, 0.29) is 10.6 Å². The van der Waals surface area contributed by atoms with Crippen molar-refractivity contribution in [1.29, 1.82) is 5.26 Å². The first-order valence-corrected chi connectivity index (χ1v) is 12.0. The van der Waals surface area contributed by atoms with Gasteiger partial charge in [0, 0.05) is 0 Å². The average molecular weight is 545 g/mol. The molecule has 0 spiro atoms. The predicted molar refractivity (Wildman–Crippen MR) is 129 cm³/mol. The zero-order valence-corrected chi connectivity index (χ0v) is 20.0. The first kappa shape index (κ1) is 22.8. The van der Waals surface area contributed by atoms with E-state index in [9.17, 15) is 13.7 Å². The lowest BCUT2D eigenvalue weighted by atomic mass is 10.0. The van der Waals surface area contributed by atoms with Gasteiger partial charge < -0.3 is 8.92 Å². The van der Waals surface area contributed by atoms with Gasteiger partial charge in [-0.25, -0.2) is 0 Å². The highest BCUT2D eigenvalue weighted by Crippen LogP contribution is 2.37. The Kier molecular flexibility index (Phi) is 7.36. The number of nitrogens with zero attached hydrogens (tertiary/aromatic N) is 1. The van der Waals surface area contributed by atoms with Gasteiger partial charge in [-0.1, -0.05) is 48.0 Å². The SMILES string of the molecule is CCOc1cc(/C=C(\C#N)c2ccc(C)cc2)cc(I)c1OS(=O)(=O)c1ccccc1. The molecule has 3 aromatic carbocycles. The van der Waals surface area contributed by atoms with Crippen molar-refractivity contribution in [1.82, 2.24) is 0 Å². The third-order valence-electron chi connectivity index (χ3n) is 4.35. The molecule has 5 nitrogen and oxygen atoms in total. The second kappa shape index (κ2) is 9.98. The standard InChI is InChI=1S/C24H20INO4S/c1-3-29-23-15-18(13-20(16-26)19-11-9-17(2)10-12-19)14-22(25)24(23)30-31(27,28)21-7-5-4-6-8-21/h4-15H,3H2,1-2H3/b20-13+. The lowest BCUT2D eigenvalue weighted by Crippen LogP contribution is -2.11. The van der Waals surface area contributed by atoms with E-state index >= 15 is 0 Å². The molecule has 0 aliphatic carbocycles. The molecule has 3 aromatic rings. The topological polar surface area (TPSA) is 76.4 Å². The number of hydrogen-bond donors (Lipinski definition) is 0. The molecular weight excluding hydrogens is 525 g/mol. The summed E-state index contributed by atoms with van der Waals surface area (Å²) >= 11 is 2.01. The normalized spacial score (nSPS) is 11.6. The molecule has 0 aliphatic heterocycles. The molecule has 0 saturated heterocycles. The number of hydrogen-bond acceptors (Lipinski definition) is 5. The van der Waals surface area contributed by atoms with Crippen molar-refractivity contribution < 1.29 is 17.3 Å². The summed E-state index contributed by atoms with van der Waals surface area (Å²) < 4.78 is 37.1. The van der Waals surface area contributed by atoms with Crippen LogP contribution in [0.15, 0.2) is 71.6 Å². The number of benzene rings is 3. The monoisotopic (exact) mass is 545 g/mol. The molecular formula is C24H20INO4S. The fourth-order valence-corrected chi connectivity index (χ4v) is 4.70. The maximum atomic E-state index is 12.7. The molecule has 0 amide bonds. The maximum Gasteiger partial charge on any atom is 0.339 e. The fourth-order valence-electron chi connectivity index (χ4n) is 2.84. The first-order valence-electron chi connectivity index (χ1n) is 9.48. The van der Waals surface area contributed by atoms with Crippen LogP contribution in [0, 0.1) is 21.8 Å². The van der Waals surface area contributed by atoms with Crippen LogP contribution in [-0.4, -0.2) is 15.0 Å². The van der Waals surface area contributed by atoms with Crippen molar-refractivity contribution in [3.05, 3.63) is 87.0 Å². The van der Waals surface area contributed by atoms with Crippen molar-refractivity contribution >= 4 is 44.4 Å². The van der Waals surface area contributed by atoms with E-state index in [1.807, 2.05) is 53.8 Å². The Bertz CT molecular complexity index is 1250. The van der Waals surface area contributed by atoms with Crippen molar-refractivity contribution in [3.63, 3.8) is 0 Å². The summed E-state index contributed by atoms with van der Waals surface area (Å²) in [5.74, 6) is 0.415. The van der Waals surface area contributed by atoms with Gasteiger partial charge in [0.2, 0.25) is 0 Å². The molecule has 0 saturated carbocycles. The van der Waals surface area contributed by atoms with E-state index in [0.717, 1.165) is 11.1 Å². The van der Waals surface area contributed by atoms with Crippen LogP contribution in [0.2, 0.25) is 0 Å². The van der Waals surface area contributed by atoms with E-state index < -0.39 is 10.1 Å². The molecule has 0 N–H and O–H groups in total. The lowest BCUT2D eigenvalue weighted by molar-refractivity contribution is 0.327. The molecule has 0 unspecified atom stereocenters. The third kappa shape index (κ3) is 5.66. The lowest BCUT2D eigenvalue weighted by Gasteiger charge is -2.14. The van der Waals surface area contributed by atoms with Crippen LogP contribution in [0.25, 0.3) is 11.6 Å². The zero-order valence-electron chi connectivity index (χ0n) is 17.0. The summed E-state index contributed by atoms with van der Waals surface area (Å²) in [6.45, 7) is 4.12. The predicted octanol–water partition coefficient (Wildman–Crippen LogP) is 5.83. The molecule has 158 valence electrons. The van der Waals surface area contributed by atoms with E-state index in [1.54, 1.807) is 43.3 Å². The number of allylic oxidation sites excluding steroid dienone is 1. The Morgan fingerprint density at radius 2 is 1.77 bits per heavy atom. The minimum absolute atomic E-state index is 0.0587. The van der Waals surface area contributed by atoms with Gasteiger partial charge in [-0.2, -0.15) is 13.7 Å². The first-order chi connectivity index (χ1) is 14.8. The number of halogens is 1. The summed E-state index contributed by atoms with van der Waals surface area (Å²) in [7, 11) is -4.02. The van der Waals surface area contributed by atoms with Crippen LogP contribution >= 0.6 is 22.6 Å². The smallest absolute Gasteiger partial charge is 0.339 e. The van der Waals surface area contributed by atoms with Crippen LogP contribution in [0.1, 0.15) is 23.6 Å². The summed E-state index contributed by atoms with van der Waals surface area (Å²) in [5.41, 5.74) is 3.10. The van der Waals surface area contributed by atoms with Gasteiger partial charge in [0.15, 0.2) is 11.5 Å². The van der Waals surface area contributed by atoms with Crippen molar-refractivity contribution in [2.24, 2.45) is 0 Å². The van der Waals surface area contributed by atoms with E-state index in [4.69, 9.17) is 8.92 Å². The number of aryl methyl sites for hydroxylation is 1. The maximum absolute atomic E-state index is 12.7. The minimum Gasteiger partial charge on any atom is -0.490 e. The zero-order chi connectivity index (χ0) is 22.4. The second-order valence-corrected chi connectivity index (χ2v) is 9.36. The molecule has 0 fully saturated rings. The molecule has 0 aliphatic rings. The molecule has 31 heavy (non-hydrogen) atoms. The molecule has 0 atom stereocenters. The molecule has 0 radical (unpaired) electrons. The third-order valence-corrected chi connectivity index (χ3v) is 6.39. The minimum atomic E-state index is -4.02. The highest BCUT2D eigenvalue weighted by molar-refractivity contribution is 14.1. The van der Waals surface area contributed by atoms with Crippen LogP contribution in [0.3, 0.4) is 0 Å². The van der Waals surface area contributed by atoms with Crippen LogP contribution in [-0.2, 0) is 10.1 Å². The van der Waals surface area contributed by atoms with E-state index in [1.165, 1.54) is 12.1 Å². The van der Waals surface area contributed by atoms with Gasteiger partial charge in [-0.3, -0.25) is 0 Å². The highest BCUT2D eigenvalue weighted by atomic mass is 127. The molecule has 0 bridgehead atoms. The largest absolute Gasteiger partial charge is 0.490 e. The molecule has 7 heteroatoms. The van der Waals surface area contributed by atoms with Crippen molar-refractivity contribution in [2.75, 3.05) is 6.61 Å². The van der Waals surface area contributed by atoms with Gasteiger partial charge in [0.25, 0.3) is 0 Å². The van der Waals surface area contributed by atoms with E-state index in [0.29, 0.717) is 27.1 Å². The van der Waals surface area contributed by atoms with Crippen molar-refractivity contribution in [3.8, 4) is 17.6 Å². The van der Waals surface area contributed by atoms with Crippen LogP contribution in [0.4, 0.5) is 0 Å². The van der Waals surface area contributed by atoms with Gasteiger partial charge in [-0.15, -0.1) is 0 Å². The number of nitriles is 1. The van der Waals surface area contributed by atoms with Crippen molar-refractivity contribution in [2.45, 2.75) is 18.7 Å². The van der Waals surface area contributed by atoms with Gasteiger partial charge in [-0.05, 0) is 77.9 Å². The fraction of sp³-hybridized carbons (Fsp3) is 0.125. The quantitative estimate of drug-likeness (QED) is 0.162. The highest BCUT2D eigenvalue weighted by Gasteiger charge is 2.22. The van der Waals surface area contributed by atoms with Gasteiger partial charge in [0.1, 0.15) is 4.90 Å². The van der Waals surface area contributed by atoms with Gasteiger partial charge >= 0.3 is 10.1 Å². The summed E-state index contributed by atoms with van der Waals surface area (Å²) in [4.78, 5) is 0.0587. The van der Waals surface area contributed by atoms with Gasteiger partial charge in [0.05, 0.1) is 21.8 Å². The Hall–Kier alpha value is -2.83. The Morgan fingerprint density at radius 1 is 1.10 bits per heavy atom. The van der Waals surface area contributed by atoms with E-state index in [2.05, 4.69) is 6.07 Å². The second-order valence-electron chi connectivity index (χ2n) is 6.65. The molecule has 0 heterocycles. The molecule has 3 rings (SSSR count). The van der Waals surface area contributed by atoms with Crippen LogP contribution < -0.4 is 8.92 Å².